The Balaban J connectivity index is 1.96. The maximum atomic E-state index is 10.6. The Hall–Kier alpha value is -2.44. The molecule has 0 aliphatic carbocycles. The van der Waals surface area contributed by atoms with Crippen LogP contribution in [0.1, 0.15) is 11.3 Å². The Bertz CT molecular complexity index is 594. The van der Waals surface area contributed by atoms with Gasteiger partial charge in [-0.3, -0.25) is 10.1 Å². The van der Waals surface area contributed by atoms with E-state index in [0.717, 1.165) is 17.7 Å². The van der Waals surface area contributed by atoms with E-state index in [2.05, 4.69) is 15.3 Å². The standard InChI is InChI=1S/C12H15N5O2/c1-9-5-11(17(18)19)7-15-12(9)14-4-3-10-6-13-8-16(10)2/h5-8H,3-4H2,1-2H3,(H,14,15). The monoisotopic (exact) mass is 261 g/mol. The molecule has 1 N–H and O–H groups in total. The Morgan fingerprint density at radius 2 is 2.26 bits per heavy atom. The van der Waals surface area contributed by atoms with Gasteiger partial charge in [-0.25, -0.2) is 9.97 Å². The highest BCUT2D eigenvalue weighted by molar-refractivity contribution is 5.48. The largest absolute Gasteiger partial charge is 0.369 e. The molecular weight excluding hydrogens is 246 g/mol. The van der Waals surface area contributed by atoms with Crippen LogP contribution in [-0.4, -0.2) is 26.0 Å². The minimum absolute atomic E-state index is 0.00897. The van der Waals surface area contributed by atoms with Gasteiger partial charge in [0.2, 0.25) is 0 Å². The Kier molecular flexibility index (Phi) is 3.74. The molecule has 100 valence electrons. The summed E-state index contributed by atoms with van der Waals surface area (Å²) in [5.41, 5.74) is 1.89. The first-order chi connectivity index (χ1) is 9.08. The summed E-state index contributed by atoms with van der Waals surface area (Å²) in [4.78, 5) is 18.3. The number of imidazole rings is 1. The molecular formula is C12H15N5O2. The third-order valence-electron chi connectivity index (χ3n) is 2.86. The van der Waals surface area contributed by atoms with Gasteiger partial charge in [-0.05, 0) is 12.5 Å². The number of pyridine rings is 1. The summed E-state index contributed by atoms with van der Waals surface area (Å²) in [5.74, 6) is 0.674. The summed E-state index contributed by atoms with van der Waals surface area (Å²) >= 11 is 0. The van der Waals surface area contributed by atoms with Crippen LogP contribution in [0.25, 0.3) is 0 Å². The molecule has 2 aromatic rings. The van der Waals surface area contributed by atoms with E-state index in [0.29, 0.717) is 12.4 Å². The molecule has 0 atom stereocenters. The van der Waals surface area contributed by atoms with E-state index >= 15 is 0 Å². The van der Waals surface area contributed by atoms with Crippen molar-refractivity contribution in [3.63, 3.8) is 0 Å². The van der Waals surface area contributed by atoms with Crippen LogP contribution in [0, 0.1) is 17.0 Å². The van der Waals surface area contributed by atoms with E-state index in [1.165, 1.54) is 12.3 Å². The number of anilines is 1. The third kappa shape index (κ3) is 3.06. The lowest BCUT2D eigenvalue weighted by atomic mass is 10.2. The van der Waals surface area contributed by atoms with Gasteiger partial charge in [-0.2, -0.15) is 0 Å². The van der Waals surface area contributed by atoms with Crippen LogP contribution in [0.5, 0.6) is 0 Å². The second-order valence-electron chi connectivity index (χ2n) is 4.29. The molecule has 0 radical (unpaired) electrons. The van der Waals surface area contributed by atoms with Crippen molar-refractivity contribution >= 4 is 11.5 Å². The highest BCUT2D eigenvalue weighted by atomic mass is 16.6. The van der Waals surface area contributed by atoms with Gasteiger partial charge in [0.25, 0.3) is 5.69 Å². The van der Waals surface area contributed by atoms with Crippen molar-refractivity contribution < 1.29 is 4.92 Å². The highest BCUT2D eigenvalue weighted by Crippen LogP contribution is 2.17. The first-order valence-electron chi connectivity index (χ1n) is 5.88. The Morgan fingerprint density at radius 3 is 2.84 bits per heavy atom. The zero-order chi connectivity index (χ0) is 13.8. The van der Waals surface area contributed by atoms with Crippen molar-refractivity contribution in [2.75, 3.05) is 11.9 Å². The zero-order valence-corrected chi connectivity index (χ0v) is 10.8. The molecule has 7 heteroatoms. The van der Waals surface area contributed by atoms with Crippen LogP contribution < -0.4 is 5.32 Å². The average Bonchev–Trinajstić information content (AvgIpc) is 2.77. The quantitative estimate of drug-likeness (QED) is 0.653. The molecule has 7 nitrogen and oxygen atoms in total. The number of aryl methyl sites for hydroxylation is 2. The average molecular weight is 261 g/mol. The molecule has 2 rings (SSSR count). The van der Waals surface area contributed by atoms with Crippen LogP contribution in [0.4, 0.5) is 11.5 Å². The van der Waals surface area contributed by atoms with Crippen LogP contribution in [0.15, 0.2) is 24.8 Å². The fourth-order valence-electron chi connectivity index (χ4n) is 1.78. The first kappa shape index (κ1) is 13.0. The van der Waals surface area contributed by atoms with Gasteiger partial charge in [0.1, 0.15) is 12.0 Å². The molecule has 0 spiro atoms. The van der Waals surface area contributed by atoms with Gasteiger partial charge >= 0.3 is 0 Å². The van der Waals surface area contributed by atoms with Crippen LogP contribution >= 0.6 is 0 Å². The number of rotatable bonds is 5. The summed E-state index contributed by atoms with van der Waals surface area (Å²) in [7, 11) is 1.94. The number of hydrogen-bond donors (Lipinski definition) is 1. The van der Waals surface area contributed by atoms with Crippen molar-refractivity contribution in [3.05, 3.63) is 46.2 Å². The maximum absolute atomic E-state index is 10.6. The fourth-order valence-corrected chi connectivity index (χ4v) is 1.78. The molecule has 0 aliphatic heterocycles. The van der Waals surface area contributed by atoms with Crippen molar-refractivity contribution in [3.8, 4) is 0 Å². The smallest absolute Gasteiger partial charge is 0.287 e. The van der Waals surface area contributed by atoms with Gasteiger partial charge < -0.3 is 9.88 Å². The molecule has 2 heterocycles. The van der Waals surface area contributed by atoms with Gasteiger partial charge in [-0.1, -0.05) is 0 Å². The summed E-state index contributed by atoms with van der Waals surface area (Å²) in [5, 5.41) is 13.8. The maximum Gasteiger partial charge on any atom is 0.287 e. The van der Waals surface area contributed by atoms with E-state index in [4.69, 9.17) is 0 Å². The summed E-state index contributed by atoms with van der Waals surface area (Å²) in [6.45, 7) is 2.50. The van der Waals surface area contributed by atoms with Crippen LogP contribution in [-0.2, 0) is 13.5 Å². The summed E-state index contributed by atoms with van der Waals surface area (Å²) in [6, 6.07) is 1.51. The Morgan fingerprint density at radius 1 is 1.47 bits per heavy atom. The van der Waals surface area contributed by atoms with Crippen molar-refractivity contribution in [2.24, 2.45) is 7.05 Å². The fraction of sp³-hybridized carbons (Fsp3) is 0.333. The molecule has 0 saturated carbocycles. The topological polar surface area (TPSA) is 85.9 Å². The SMILES string of the molecule is Cc1cc([N+](=O)[O-])cnc1NCCc1cncn1C. The van der Waals surface area contributed by atoms with E-state index in [1.807, 2.05) is 17.8 Å². The molecule has 0 aromatic carbocycles. The predicted molar refractivity (Wildman–Crippen MR) is 71.0 cm³/mol. The second-order valence-corrected chi connectivity index (χ2v) is 4.29. The third-order valence-corrected chi connectivity index (χ3v) is 2.86. The minimum atomic E-state index is -0.445. The molecule has 0 aliphatic rings. The van der Waals surface area contributed by atoms with E-state index in [1.54, 1.807) is 13.3 Å². The van der Waals surface area contributed by atoms with Crippen molar-refractivity contribution in [2.45, 2.75) is 13.3 Å². The summed E-state index contributed by atoms with van der Waals surface area (Å²) in [6.07, 6.45) is 5.65. The molecule has 2 aromatic heterocycles. The molecule has 19 heavy (non-hydrogen) atoms. The lowest BCUT2D eigenvalue weighted by molar-refractivity contribution is -0.385. The number of hydrogen-bond acceptors (Lipinski definition) is 5. The molecule has 0 amide bonds. The van der Waals surface area contributed by atoms with Crippen LogP contribution in [0.2, 0.25) is 0 Å². The van der Waals surface area contributed by atoms with Gasteiger partial charge in [0.05, 0.1) is 11.3 Å². The predicted octanol–water partition coefficient (Wildman–Crippen LogP) is 1.69. The molecule has 0 saturated heterocycles. The van der Waals surface area contributed by atoms with Gasteiger partial charge in [0, 0.05) is 38.0 Å². The molecule has 0 unspecified atom stereocenters. The van der Waals surface area contributed by atoms with E-state index in [9.17, 15) is 10.1 Å². The highest BCUT2D eigenvalue weighted by Gasteiger charge is 2.09. The van der Waals surface area contributed by atoms with Crippen LogP contribution in [0.3, 0.4) is 0 Å². The molecule has 0 bridgehead atoms. The number of nitro groups is 1. The minimum Gasteiger partial charge on any atom is -0.369 e. The number of nitrogens with one attached hydrogen (secondary N) is 1. The van der Waals surface area contributed by atoms with E-state index in [-0.39, 0.29) is 5.69 Å². The molecule has 0 fully saturated rings. The lowest BCUT2D eigenvalue weighted by Crippen LogP contribution is -2.09. The van der Waals surface area contributed by atoms with E-state index < -0.39 is 4.92 Å². The Labute approximate surface area is 110 Å². The van der Waals surface area contributed by atoms with Crippen molar-refractivity contribution in [1.82, 2.24) is 14.5 Å². The van der Waals surface area contributed by atoms with Crippen molar-refractivity contribution in [1.29, 1.82) is 0 Å². The second kappa shape index (κ2) is 5.47. The van der Waals surface area contributed by atoms with Gasteiger partial charge in [-0.15, -0.1) is 0 Å². The zero-order valence-electron chi connectivity index (χ0n) is 10.8. The number of nitrogens with zero attached hydrogens (tertiary/aromatic N) is 4. The first-order valence-corrected chi connectivity index (χ1v) is 5.88. The number of aromatic nitrogens is 3. The summed E-state index contributed by atoms with van der Waals surface area (Å²) < 4.78 is 1.96. The lowest BCUT2D eigenvalue weighted by Gasteiger charge is -2.08. The van der Waals surface area contributed by atoms with Gasteiger partial charge in [0.15, 0.2) is 0 Å². The normalized spacial score (nSPS) is 10.4.